The molecule has 10 aromatic rings. The highest BCUT2D eigenvalue weighted by Crippen LogP contribution is 2.42. The van der Waals surface area contributed by atoms with Gasteiger partial charge in [-0.15, -0.1) is 0 Å². The van der Waals surface area contributed by atoms with Crippen LogP contribution in [0.15, 0.2) is 174 Å². The number of fused-ring (bicyclic) bond motifs is 7. The number of aromatic nitrogens is 2. The highest BCUT2D eigenvalue weighted by atomic mass is 16.3. The Kier molecular flexibility index (Phi) is 6.18. The van der Waals surface area contributed by atoms with Gasteiger partial charge in [0.25, 0.3) is 0 Å². The zero-order valence-corrected chi connectivity index (χ0v) is 26.5. The van der Waals surface area contributed by atoms with Gasteiger partial charge < -0.3 is 4.42 Å². The normalized spacial score (nSPS) is 11.7. The molecule has 0 aliphatic heterocycles. The van der Waals surface area contributed by atoms with Crippen LogP contribution in [0.3, 0.4) is 0 Å². The lowest BCUT2D eigenvalue weighted by Crippen LogP contribution is -1.95. The van der Waals surface area contributed by atoms with Gasteiger partial charge in [0, 0.05) is 32.7 Å². The fourth-order valence-corrected chi connectivity index (χ4v) is 7.21. The van der Waals surface area contributed by atoms with Crippen LogP contribution in [0.2, 0.25) is 0 Å². The first-order chi connectivity index (χ1) is 24.3. The first-order valence-corrected chi connectivity index (χ1v) is 16.6. The Morgan fingerprint density at radius 2 is 1.06 bits per heavy atom. The van der Waals surface area contributed by atoms with Crippen LogP contribution < -0.4 is 0 Å². The second kappa shape index (κ2) is 11.0. The molecule has 0 radical (unpaired) electrons. The van der Waals surface area contributed by atoms with E-state index in [4.69, 9.17) is 14.4 Å². The van der Waals surface area contributed by atoms with Gasteiger partial charge in [-0.2, -0.15) is 0 Å². The Balaban J connectivity index is 1.12. The molecule has 0 atom stereocenters. The van der Waals surface area contributed by atoms with E-state index in [2.05, 4.69) is 158 Å². The summed E-state index contributed by atoms with van der Waals surface area (Å²) in [5, 5.41) is 7.97. The van der Waals surface area contributed by atoms with Gasteiger partial charge in [-0.1, -0.05) is 140 Å². The minimum absolute atomic E-state index is 0.695. The van der Waals surface area contributed by atoms with E-state index in [0.717, 1.165) is 66.0 Å². The van der Waals surface area contributed by atoms with Crippen molar-refractivity contribution in [3.05, 3.63) is 170 Å². The Morgan fingerprint density at radius 3 is 1.92 bits per heavy atom. The molecule has 3 heteroatoms. The Labute approximate surface area is 282 Å². The zero-order chi connectivity index (χ0) is 32.3. The van der Waals surface area contributed by atoms with E-state index >= 15 is 0 Å². The molecule has 228 valence electrons. The molecule has 3 nitrogen and oxygen atoms in total. The summed E-state index contributed by atoms with van der Waals surface area (Å²) in [5.74, 6) is 0.695. The molecule has 0 spiro atoms. The van der Waals surface area contributed by atoms with Crippen LogP contribution >= 0.6 is 0 Å². The summed E-state index contributed by atoms with van der Waals surface area (Å²) in [6, 6.07) is 59.7. The third-order valence-corrected chi connectivity index (χ3v) is 9.65. The summed E-state index contributed by atoms with van der Waals surface area (Å²) in [6.07, 6.45) is 0. The summed E-state index contributed by atoms with van der Waals surface area (Å²) >= 11 is 0. The van der Waals surface area contributed by atoms with Gasteiger partial charge >= 0.3 is 0 Å². The molecule has 49 heavy (non-hydrogen) atoms. The molecule has 0 saturated carbocycles. The van der Waals surface area contributed by atoms with E-state index in [1.165, 1.54) is 27.5 Å². The molecule has 0 saturated heterocycles. The molecular weight excluding hydrogens is 597 g/mol. The van der Waals surface area contributed by atoms with Crippen molar-refractivity contribution >= 4 is 54.4 Å². The molecular formula is C46H28N2O. The summed E-state index contributed by atoms with van der Waals surface area (Å²) in [4.78, 5) is 10.2. The number of furan rings is 1. The van der Waals surface area contributed by atoms with Gasteiger partial charge in [0.2, 0.25) is 0 Å². The van der Waals surface area contributed by atoms with Crippen LogP contribution in [-0.4, -0.2) is 9.97 Å². The van der Waals surface area contributed by atoms with Crippen molar-refractivity contribution < 1.29 is 4.42 Å². The van der Waals surface area contributed by atoms with E-state index in [9.17, 15) is 0 Å². The molecule has 2 aromatic heterocycles. The maximum Gasteiger partial charge on any atom is 0.160 e. The second-order valence-electron chi connectivity index (χ2n) is 12.6. The highest BCUT2D eigenvalue weighted by molar-refractivity contribution is 6.21. The lowest BCUT2D eigenvalue weighted by atomic mass is 9.95. The SMILES string of the molecule is c1ccc(-c2cc3ccccc3c3oc4cc(-c5nc(-c6ccc(-c7ccc8ccccc8c7)cc6)nc6ccccc56)ccc4c23)cc1. The third-order valence-electron chi connectivity index (χ3n) is 9.65. The molecule has 0 amide bonds. The average molecular weight is 625 g/mol. The van der Waals surface area contributed by atoms with Crippen LogP contribution in [0.4, 0.5) is 0 Å². The van der Waals surface area contributed by atoms with Gasteiger partial charge in [0.15, 0.2) is 5.82 Å². The molecule has 0 bridgehead atoms. The highest BCUT2D eigenvalue weighted by Gasteiger charge is 2.18. The summed E-state index contributed by atoms with van der Waals surface area (Å²) in [6.45, 7) is 0. The lowest BCUT2D eigenvalue weighted by molar-refractivity contribution is 0.673. The predicted molar refractivity (Wildman–Crippen MR) is 204 cm³/mol. The summed E-state index contributed by atoms with van der Waals surface area (Å²) < 4.78 is 6.76. The lowest BCUT2D eigenvalue weighted by Gasteiger charge is -2.10. The van der Waals surface area contributed by atoms with Crippen molar-refractivity contribution in [1.29, 1.82) is 0 Å². The number of nitrogens with zero attached hydrogens (tertiary/aromatic N) is 2. The van der Waals surface area contributed by atoms with E-state index in [1.54, 1.807) is 0 Å². The maximum atomic E-state index is 6.76. The van der Waals surface area contributed by atoms with E-state index in [0.29, 0.717) is 5.82 Å². The summed E-state index contributed by atoms with van der Waals surface area (Å²) in [5.41, 5.74) is 10.2. The average Bonchev–Trinajstić information content (AvgIpc) is 3.57. The Bertz CT molecular complexity index is 2870. The third kappa shape index (κ3) is 4.59. The van der Waals surface area contributed by atoms with Gasteiger partial charge in [0.1, 0.15) is 11.2 Å². The van der Waals surface area contributed by atoms with Gasteiger partial charge in [-0.3, -0.25) is 0 Å². The van der Waals surface area contributed by atoms with Crippen molar-refractivity contribution in [2.45, 2.75) is 0 Å². The first kappa shape index (κ1) is 27.5. The van der Waals surface area contributed by atoms with Gasteiger partial charge in [-0.25, -0.2) is 9.97 Å². The van der Waals surface area contributed by atoms with Crippen molar-refractivity contribution in [2.75, 3.05) is 0 Å². The molecule has 2 heterocycles. The topological polar surface area (TPSA) is 38.9 Å². The second-order valence-corrected chi connectivity index (χ2v) is 12.6. The minimum atomic E-state index is 0.695. The summed E-state index contributed by atoms with van der Waals surface area (Å²) in [7, 11) is 0. The van der Waals surface area contributed by atoms with E-state index in [-0.39, 0.29) is 0 Å². The predicted octanol–water partition coefficient (Wildman–Crippen LogP) is 12.5. The molecule has 0 N–H and O–H groups in total. The van der Waals surface area contributed by atoms with Crippen molar-refractivity contribution in [1.82, 2.24) is 9.97 Å². The fourth-order valence-electron chi connectivity index (χ4n) is 7.21. The van der Waals surface area contributed by atoms with Gasteiger partial charge in [0.05, 0.1) is 11.2 Å². The molecule has 0 aliphatic rings. The van der Waals surface area contributed by atoms with Crippen molar-refractivity contribution in [2.24, 2.45) is 0 Å². The van der Waals surface area contributed by atoms with Crippen LogP contribution in [0.5, 0.6) is 0 Å². The Morgan fingerprint density at radius 1 is 0.388 bits per heavy atom. The van der Waals surface area contributed by atoms with Crippen LogP contribution in [0.1, 0.15) is 0 Å². The largest absolute Gasteiger partial charge is 0.455 e. The number of hydrogen-bond donors (Lipinski definition) is 0. The molecule has 0 fully saturated rings. The molecule has 0 aliphatic carbocycles. The maximum absolute atomic E-state index is 6.76. The van der Waals surface area contributed by atoms with Crippen LogP contribution in [0.25, 0.3) is 99.3 Å². The van der Waals surface area contributed by atoms with Crippen LogP contribution in [-0.2, 0) is 0 Å². The first-order valence-electron chi connectivity index (χ1n) is 16.6. The zero-order valence-electron chi connectivity index (χ0n) is 26.5. The van der Waals surface area contributed by atoms with Crippen LogP contribution in [0, 0.1) is 0 Å². The quantitative estimate of drug-likeness (QED) is 0.196. The van der Waals surface area contributed by atoms with Gasteiger partial charge in [-0.05, 0) is 68.7 Å². The number of benzene rings is 8. The molecule has 0 unspecified atom stereocenters. The van der Waals surface area contributed by atoms with Crippen molar-refractivity contribution in [3.63, 3.8) is 0 Å². The minimum Gasteiger partial charge on any atom is -0.455 e. The van der Waals surface area contributed by atoms with E-state index < -0.39 is 0 Å². The molecule has 8 aromatic carbocycles. The molecule has 10 rings (SSSR count). The number of para-hydroxylation sites is 1. The number of hydrogen-bond acceptors (Lipinski definition) is 3. The fraction of sp³-hybridized carbons (Fsp3) is 0. The smallest absolute Gasteiger partial charge is 0.160 e. The standard InChI is InChI=1S/C46H28N2O/c1-2-11-31(12-3-1)40-27-35-14-6-7-15-37(35)45-43(40)39-25-24-36(28-42(39)49-45)44-38-16-8-9-17-41(38)47-46(48-44)32-21-18-30(19-22-32)34-23-20-29-10-4-5-13-33(29)26-34/h1-28H. The monoisotopic (exact) mass is 624 g/mol. The number of rotatable bonds is 4. The van der Waals surface area contributed by atoms with Crippen molar-refractivity contribution in [3.8, 4) is 44.9 Å². The van der Waals surface area contributed by atoms with E-state index in [1.807, 2.05) is 12.1 Å². The Hall–Kier alpha value is -6.58.